The van der Waals surface area contributed by atoms with E-state index in [1.807, 2.05) is 25.1 Å². The van der Waals surface area contributed by atoms with Gasteiger partial charge in [-0.1, -0.05) is 0 Å². The molecule has 2 aromatic heterocycles. The molecule has 1 fully saturated rings. The number of thiophene rings is 1. The topological polar surface area (TPSA) is 59.5 Å². The number of aromatic nitrogens is 1. The lowest BCUT2D eigenvalue weighted by atomic mass is 10.3. The maximum absolute atomic E-state index is 12.6. The molecular weight excluding hydrogens is 388 g/mol. The minimum absolute atomic E-state index is 0.179. The van der Waals surface area contributed by atoms with E-state index in [-0.39, 0.29) is 6.10 Å². The molecule has 1 unspecified atom stereocenters. The minimum Gasteiger partial charge on any atom is -0.472 e. The van der Waals surface area contributed by atoms with E-state index >= 15 is 0 Å². The highest BCUT2D eigenvalue weighted by atomic mass is 79.9. The summed E-state index contributed by atoms with van der Waals surface area (Å²) >= 11 is 4.68. The maximum Gasteiger partial charge on any atom is 0.252 e. The molecule has 0 aromatic carbocycles. The number of hydrogen-bond donors (Lipinski definition) is 0. The van der Waals surface area contributed by atoms with Crippen LogP contribution in [0.3, 0.4) is 0 Å². The van der Waals surface area contributed by atoms with Gasteiger partial charge in [0.1, 0.15) is 10.3 Å². The first-order valence-electron chi connectivity index (χ1n) is 6.80. The lowest BCUT2D eigenvalue weighted by molar-refractivity contribution is 0.205. The van der Waals surface area contributed by atoms with Gasteiger partial charge in [0.15, 0.2) is 0 Å². The Morgan fingerprint density at radius 3 is 2.91 bits per heavy atom. The molecule has 1 aliphatic rings. The molecule has 8 heteroatoms. The van der Waals surface area contributed by atoms with Gasteiger partial charge >= 0.3 is 0 Å². The highest BCUT2D eigenvalue weighted by Gasteiger charge is 2.34. The van der Waals surface area contributed by atoms with Gasteiger partial charge in [-0.15, -0.1) is 11.3 Å². The molecule has 0 bridgehead atoms. The number of ether oxygens (including phenoxy) is 1. The third-order valence-electron chi connectivity index (χ3n) is 3.42. The summed E-state index contributed by atoms with van der Waals surface area (Å²) in [6.45, 7) is 2.72. The number of pyridine rings is 1. The van der Waals surface area contributed by atoms with E-state index in [0.717, 1.165) is 9.35 Å². The number of hydrogen-bond acceptors (Lipinski definition) is 5. The zero-order chi connectivity index (χ0) is 15.7. The van der Waals surface area contributed by atoms with Gasteiger partial charge in [-0.05, 0) is 53.5 Å². The molecule has 0 spiro atoms. The van der Waals surface area contributed by atoms with Crippen molar-refractivity contribution in [3.05, 3.63) is 39.8 Å². The van der Waals surface area contributed by atoms with Crippen molar-refractivity contribution in [2.75, 3.05) is 13.1 Å². The number of aryl methyl sites for hydroxylation is 1. The Hall–Kier alpha value is -0.960. The molecule has 0 radical (unpaired) electrons. The van der Waals surface area contributed by atoms with E-state index in [9.17, 15) is 8.42 Å². The van der Waals surface area contributed by atoms with Gasteiger partial charge in [-0.2, -0.15) is 4.31 Å². The third kappa shape index (κ3) is 3.19. The van der Waals surface area contributed by atoms with Crippen molar-refractivity contribution < 1.29 is 13.2 Å². The minimum atomic E-state index is -3.41. The Bertz CT molecular complexity index is 776. The van der Waals surface area contributed by atoms with Gasteiger partial charge in [-0.3, -0.25) is 0 Å². The van der Waals surface area contributed by atoms with Crippen molar-refractivity contribution in [1.82, 2.24) is 9.29 Å². The molecule has 0 saturated carbocycles. The van der Waals surface area contributed by atoms with Crippen molar-refractivity contribution in [2.24, 2.45) is 0 Å². The van der Waals surface area contributed by atoms with E-state index < -0.39 is 10.0 Å². The fourth-order valence-corrected chi connectivity index (χ4v) is 5.58. The lowest BCUT2D eigenvalue weighted by Crippen LogP contribution is -2.30. The monoisotopic (exact) mass is 402 g/mol. The molecular formula is C14H15BrN2O3S2. The smallest absolute Gasteiger partial charge is 0.252 e. The molecule has 22 heavy (non-hydrogen) atoms. The molecule has 0 amide bonds. The number of sulfonamides is 1. The summed E-state index contributed by atoms with van der Waals surface area (Å²) in [5, 5.41) is 0. The zero-order valence-electron chi connectivity index (χ0n) is 11.9. The summed E-state index contributed by atoms with van der Waals surface area (Å²) in [4.78, 5) is 5.14. The number of rotatable bonds is 4. The Balaban J connectivity index is 1.71. The second-order valence-corrected chi connectivity index (χ2v) is 9.35. The molecule has 0 aliphatic carbocycles. The molecule has 1 saturated heterocycles. The van der Waals surface area contributed by atoms with Crippen LogP contribution in [0, 0.1) is 6.92 Å². The van der Waals surface area contributed by atoms with E-state index in [1.54, 1.807) is 12.3 Å². The van der Waals surface area contributed by atoms with Crippen LogP contribution in [0.2, 0.25) is 0 Å². The molecule has 3 rings (SSSR count). The highest BCUT2D eigenvalue weighted by molar-refractivity contribution is 9.10. The van der Waals surface area contributed by atoms with E-state index in [2.05, 4.69) is 20.9 Å². The molecule has 2 aromatic rings. The Morgan fingerprint density at radius 2 is 2.23 bits per heavy atom. The van der Waals surface area contributed by atoms with Crippen LogP contribution in [0.4, 0.5) is 0 Å². The summed E-state index contributed by atoms with van der Waals surface area (Å²) in [5.41, 5.74) is 0. The second-order valence-electron chi connectivity index (χ2n) is 5.05. The quantitative estimate of drug-likeness (QED) is 0.788. The summed E-state index contributed by atoms with van der Waals surface area (Å²) in [6, 6.07) is 7.15. The van der Waals surface area contributed by atoms with Crippen molar-refractivity contribution in [1.29, 1.82) is 0 Å². The van der Waals surface area contributed by atoms with Gasteiger partial charge in [0.2, 0.25) is 5.88 Å². The van der Waals surface area contributed by atoms with Gasteiger partial charge in [0.25, 0.3) is 10.0 Å². The van der Waals surface area contributed by atoms with E-state index in [0.29, 0.717) is 29.6 Å². The molecule has 0 N–H and O–H groups in total. The summed E-state index contributed by atoms with van der Waals surface area (Å²) in [7, 11) is -3.41. The molecule has 1 aliphatic heterocycles. The van der Waals surface area contributed by atoms with Crippen LogP contribution in [0.25, 0.3) is 0 Å². The second kappa shape index (κ2) is 6.27. The predicted molar refractivity (Wildman–Crippen MR) is 88.8 cm³/mol. The van der Waals surface area contributed by atoms with Crippen LogP contribution in [0.5, 0.6) is 5.88 Å². The number of halogens is 1. The fraction of sp³-hybridized carbons (Fsp3) is 0.357. The van der Waals surface area contributed by atoms with Crippen LogP contribution in [-0.2, 0) is 10.0 Å². The average Bonchev–Trinajstić information content (AvgIpc) is 3.11. The molecule has 118 valence electrons. The maximum atomic E-state index is 12.6. The van der Waals surface area contributed by atoms with E-state index in [1.165, 1.54) is 15.6 Å². The largest absolute Gasteiger partial charge is 0.472 e. The zero-order valence-corrected chi connectivity index (χ0v) is 15.1. The fourth-order valence-electron chi connectivity index (χ4n) is 2.31. The Morgan fingerprint density at radius 1 is 1.41 bits per heavy atom. The Kier molecular flexibility index (Phi) is 4.54. The molecule has 5 nitrogen and oxygen atoms in total. The van der Waals surface area contributed by atoms with Crippen molar-refractivity contribution >= 4 is 37.3 Å². The van der Waals surface area contributed by atoms with Crippen LogP contribution in [0.15, 0.2) is 39.1 Å². The highest BCUT2D eigenvalue weighted by Crippen LogP contribution is 2.29. The van der Waals surface area contributed by atoms with Gasteiger partial charge in [0.05, 0.1) is 11.0 Å². The van der Waals surface area contributed by atoms with Gasteiger partial charge in [-0.25, -0.2) is 13.4 Å². The first-order chi connectivity index (χ1) is 10.5. The predicted octanol–water partition coefficient (Wildman–Crippen LogP) is 3.06. The van der Waals surface area contributed by atoms with Gasteiger partial charge in [0, 0.05) is 17.6 Å². The van der Waals surface area contributed by atoms with Gasteiger partial charge < -0.3 is 4.74 Å². The van der Waals surface area contributed by atoms with Crippen LogP contribution in [-0.4, -0.2) is 36.9 Å². The van der Waals surface area contributed by atoms with Crippen molar-refractivity contribution in [2.45, 2.75) is 23.7 Å². The van der Waals surface area contributed by atoms with Crippen molar-refractivity contribution in [3.63, 3.8) is 0 Å². The molecule has 1 atom stereocenters. The first kappa shape index (κ1) is 15.9. The normalized spacial score (nSPS) is 19.5. The summed E-state index contributed by atoms with van der Waals surface area (Å²) < 4.78 is 33.6. The number of nitrogens with zero attached hydrogens (tertiary/aromatic N) is 2. The summed E-state index contributed by atoms with van der Waals surface area (Å²) in [5.74, 6) is 0.499. The van der Waals surface area contributed by atoms with Crippen LogP contribution >= 0.6 is 27.3 Å². The SMILES string of the molecule is Cc1ccc(S(=O)(=O)N2CCC(Oc3ncccc3Br)C2)s1. The lowest BCUT2D eigenvalue weighted by Gasteiger charge is -2.16. The Labute approximate surface area is 142 Å². The van der Waals surface area contributed by atoms with Crippen LogP contribution < -0.4 is 4.74 Å². The average molecular weight is 403 g/mol. The summed E-state index contributed by atoms with van der Waals surface area (Å²) in [6.07, 6.45) is 2.13. The van der Waals surface area contributed by atoms with Crippen LogP contribution in [0.1, 0.15) is 11.3 Å². The third-order valence-corrected chi connectivity index (χ3v) is 7.36. The molecule has 3 heterocycles. The first-order valence-corrected chi connectivity index (χ1v) is 9.85. The van der Waals surface area contributed by atoms with Crippen molar-refractivity contribution in [3.8, 4) is 5.88 Å². The standard InChI is InChI=1S/C14H15BrN2O3S2/c1-10-4-5-13(21-10)22(18,19)17-8-6-11(9-17)20-14-12(15)3-2-7-16-14/h2-5,7,11H,6,8-9H2,1H3. The van der Waals surface area contributed by atoms with E-state index in [4.69, 9.17) is 4.74 Å².